The first-order valence-electron chi connectivity index (χ1n) is 13.7. The number of anilines is 2. The maximum Gasteiger partial charge on any atom is 0.344 e. The van der Waals surface area contributed by atoms with Crippen LogP contribution in [0.5, 0.6) is 0 Å². The average Bonchev–Trinajstić information content (AvgIpc) is 3.52. The van der Waals surface area contributed by atoms with Crippen LogP contribution in [-0.2, 0) is 16.1 Å². The number of hydrogen-bond donors (Lipinski definition) is 1. The molecule has 0 unspecified atom stereocenters. The molecule has 5 rings (SSSR count). The van der Waals surface area contributed by atoms with E-state index in [0.717, 1.165) is 58.5 Å². The number of carbonyl (C=O) groups is 3. The summed E-state index contributed by atoms with van der Waals surface area (Å²) >= 11 is 0. The highest BCUT2D eigenvalue weighted by Crippen LogP contribution is 2.40. The molecule has 3 fully saturated rings. The van der Waals surface area contributed by atoms with Crippen LogP contribution in [0, 0.1) is 6.92 Å². The van der Waals surface area contributed by atoms with E-state index >= 15 is 0 Å². The molecule has 2 aromatic rings. The second-order valence-electron chi connectivity index (χ2n) is 11.0. The molecule has 0 atom stereocenters. The van der Waals surface area contributed by atoms with Crippen LogP contribution in [0.15, 0.2) is 30.5 Å². The lowest BCUT2D eigenvalue weighted by atomic mass is 9.84. The van der Waals surface area contributed by atoms with Gasteiger partial charge in [0.2, 0.25) is 11.8 Å². The zero-order valence-corrected chi connectivity index (χ0v) is 22.8. The zero-order valence-electron chi connectivity index (χ0n) is 22.8. The van der Waals surface area contributed by atoms with E-state index < -0.39 is 0 Å². The highest BCUT2D eigenvalue weighted by molar-refractivity contribution is 5.88. The minimum atomic E-state index is -0.209. The summed E-state index contributed by atoms with van der Waals surface area (Å²) in [6.45, 7) is 11.8. The molecule has 10 heteroatoms. The number of aryl methyl sites for hydroxylation is 1. The molecule has 3 amide bonds. The van der Waals surface area contributed by atoms with Crippen molar-refractivity contribution in [2.45, 2.75) is 58.5 Å². The summed E-state index contributed by atoms with van der Waals surface area (Å²) in [6, 6.07) is 8.27. The monoisotopic (exact) mass is 521 g/mol. The third kappa shape index (κ3) is 5.41. The third-order valence-electron chi connectivity index (χ3n) is 8.46. The van der Waals surface area contributed by atoms with E-state index in [2.05, 4.69) is 45.3 Å². The van der Waals surface area contributed by atoms with E-state index in [4.69, 9.17) is 0 Å². The molecule has 1 aromatic carbocycles. The van der Waals surface area contributed by atoms with E-state index in [1.165, 1.54) is 34.8 Å². The predicted octanol–water partition coefficient (Wildman–Crippen LogP) is 2.92. The normalized spacial score (nSPS) is 19.7. The second-order valence-corrected chi connectivity index (χ2v) is 11.0. The Morgan fingerprint density at radius 1 is 0.921 bits per heavy atom. The van der Waals surface area contributed by atoms with Crippen LogP contribution in [0.1, 0.15) is 50.7 Å². The summed E-state index contributed by atoms with van der Waals surface area (Å²) in [5.74, 6) is 0.329. The lowest BCUT2D eigenvalue weighted by molar-refractivity contribution is -0.129. The van der Waals surface area contributed by atoms with Gasteiger partial charge in [-0.2, -0.15) is 4.68 Å². The number of carbonyl (C=O) groups excluding carboxylic acids is 3. The number of amides is 3. The number of nitrogens with zero attached hydrogens (tertiary/aromatic N) is 6. The first-order chi connectivity index (χ1) is 18.2. The van der Waals surface area contributed by atoms with Crippen molar-refractivity contribution < 1.29 is 14.4 Å². The van der Waals surface area contributed by atoms with E-state index in [1.807, 2.05) is 9.80 Å². The Morgan fingerprint density at radius 3 is 2.34 bits per heavy atom. The van der Waals surface area contributed by atoms with E-state index in [-0.39, 0.29) is 23.4 Å². The fourth-order valence-electron chi connectivity index (χ4n) is 6.31. The minimum Gasteiger partial charge on any atom is -0.368 e. The maximum absolute atomic E-state index is 13.1. The van der Waals surface area contributed by atoms with Crippen LogP contribution in [0.4, 0.5) is 16.3 Å². The van der Waals surface area contributed by atoms with Gasteiger partial charge in [-0.05, 0) is 56.3 Å². The molecule has 1 aromatic heterocycles. The zero-order chi connectivity index (χ0) is 26.9. The lowest BCUT2D eigenvalue weighted by Gasteiger charge is -2.45. The molecule has 0 bridgehead atoms. The highest BCUT2D eigenvalue weighted by Gasteiger charge is 2.44. The molecule has 1 N–H and O–H groups in total. The van der Waals surface area contributed by atoms with Crippen LogP contribution in [0.2, 0.25) is 0 Å². The van der Waals surface area contributed by atoms with Gasteiger partial charge < -0.3 is 20.0 Å². The van der Waals surface area contributed by atoms with Crippen molar-refractivity contribution in [3.63, 3.8) is 0 Å². The van der Waals surface area contributed by atoms with Gasteiger partial charge in [-0.3, -0.25) is 14.5 Å². The largest absolute Gasteiger partial charge is 0.368 e. The van der Waals surface area contributed by atoms with Crippen molar-refractivity contribution in [3.8, 4) is 0 Å². The van der Waals surface area contributed by atoms with Crippen LogP contribution in [0.25, 0.3) is 0 Å². The molecule has 3 aliphatic rings. The van der Waals surface area contributed by atoms with Gasteiger partial charge >= 0.3 is 6.03 Å². The molecule has 0 radical (unpaired) electrons. The van der Waals surface area contributed by atoms with Gasteiger partial charge in [0.15, 0.2) is 5.82 Å². The molecule has 3 aliphatic heterocycles. The van der Waals surface area contributed by atoms with Crippen LogP contribution in [-0.4, -0.2) is 93.7 Å². The molecular weight excluding hydrogens is 482 g/mol. The highest BCUT2D eigenvalue weighted by atomic mass is 16.2. The number of benzene rings is 1. The Morgan fingerprint density at radius 2 is 1.66 bits per heavy atom. The van der Waals surface area contributed by atoms with Crippen molar-refractivity contribution in [2.24, 2.45) is 0 Å². The fourth-order valence-corrected chi connectivity index (χ4v) is 6.31. The molecule has 10 nitrogen and oxygen atoms in total. The number of likely N-dealkylation sites (tertiary alicyclic amines) is 2. The van der Waals surface area contributed by atoms with Crippen LogP contribution < -0.4 is 10.2 Å². The number of nitrogens with one attached hydrogen (secondary N) is 1. The van der Waals surface area contributed by atoms with Gasteiger partial charge in [-0.25, -0.2) is 4.79 Å². The fraction of sp³-hybridized carbons (Fsp3) is 0.571. The van der Waals surface area contributed by atoms with Gasteiger partial charge in [0.05, 0.1) is 0 Å². The summed E-state index contributed by atoms with van der Waals surface area (Å²) in [6.07, 6.45) is 5.82. The van der Waals surface area contributed by atoms with E-state index in [1.54, 1.807) is 19.2 Å². The minimum absolute atomic E-state index is 0.109. The molecule has 4 heterocycles. The summed E-state index contributed by atoms with van der Waals surface area (Å²) in [4.78, 5) is 45.0. The van der Waals surface area contributed by atoms with Crippen LogP contribution in [0.3, 0.4) is 0 Å². The summed E-state index contributed by atoms with van der Waals surface area (Å²) in [5, 5.41) is 6.84. The maximum atomic E-state index is 13.1. The van der Waals surface area contributed by atoms with Gasteiger partial charge in [-0.1, -0.05) is 12.1 Å². The number of aromatic nitrogens is 2. The molecule has 204 valence electrons. The van der Waals surface area contributed by atoms with E-state index in [9.17, 15) is 14.4 Å². The van der Waals surface area contributed by atoms with Crippen molar-refractivity contribution in [1.82, 2.24) is 24.5 Å². The third-order valence-corrected chi connectivity index (χ3v) is 8.46. The molecule has 38 heavy (non-hydrogen) atoms. The van der Waals surface area contributed by atoms with Gasteiger partial charge in [0.1, 0.15) is 0 Å². The Bertz CT molecular complexity index is 1190. The standard InChI is InChI=1S/C28H39N7O3/c1-21-5-6-24(25(19-21)32-17-15-31(16-18-32)23(3)37)20-34-11-4-8-28(34)9-13-33(14-10-28)27(38)35-12-7-26(30-35)29-22(2)36/h5-7,12,19H,4,8-11,13-18,20H2,1-3H3,(H,29,30,36). The first kappa shape index (κ1) is 26.2. The number of rotatable bonds is 4. The SMILES string of the molecule is CC(=O)Nc1ccn(C(=O)N2CCC3(CCCN3Cc3ccc(C)cc3N3CCN(C(C)=O)CC3)CC2)n1. The van der Waals surface area contributed by atoms with E-state index in [0.29, 0.717) is 18.9 Å². The van der Waals surface area contributed by atoms with Crippen LogP contribution >= 0.6 is 0 Å². The smallest absolute Gasteiger partial charge is 0.344 e. The summed E-state index contributed by atoms with van der Waals surface area (Å²) in [7, 11) is 0. The van der Waals surface area contributed by atoms with Crippen molar-refractivity contribution in [3.05, 3.63) is 41.6 Å². The molecule has 3 saturated heterocycles. The quantitative estimate of drug-likeness (QED) is 0.665. The number of piperazine rings is 1. The molecule has 0 saturated carbocycles. The molecule has 1 spiro atoms. The lowest BCUT2D eigenvalue weighted by Crippen LogP contribution is -2.53. The van der Waals surface area contributed by atoms with Gasteiger partial charge in [0, 0.05) is 83.2 Å². The average molecular weight is 522 g/mol. The summed E-state index contributed by atoms with van der Waals surface area (Å²) in [5.41, 5.74) is 3.99. The Hall–Kier alpha value is -3.40. The van der Waals surface area contributed by atoms with Gasteiger partial charge in [-0.15, -0.1) is 5.10 Å². The van der Waals surface area contributed by atoms with Gasteiger partial charge in [0.25, 0.3) is 0 Å². The Labute approximate surface area is 224 Å². The number of piperidine rings is 1. The van der Waals surface area contributed by atoms with Crippen molar-refractivity contribution in [2.75, 3.05) is 56.0 Å². The number of hydrogen-bond acceptors (Lipinski definition) is 6. The van der Waals surface area contributed by atoms with Crippen molar-refractivity contribution >= 4 is 29.4 Å². The first-order valence-corrected chi connectivity index (χ1v) is 13.7. The second kappa shape index (κ2) is 10.8. The Kier molecular flexibility index (Phi) is 7.43. The Balaban J connectivity index is 1.25. The van der Waals surface area contributed by atoms with Crippen molar-refractivity contribution in [1.29, 1.82) is 0 Å². The molecule has 0 aliphatic carbocycles. The predicted molar refractivity (Wildman–Crippen MR) is 146 cm³/mol. The summed E-state index contributed by atoms with van der Waals surface area (Å²) < 4.78 is 1.32. The molecular formula is C28H39N7O3. The topological polar surface area (TPSA) is 94.0 Å².